The van der Waals surface area contributed by atoms with E-state index in [4.69, 9.17) is 5.73 Å². The first-order chi connectivity index (χ1) is 9.11. The van der Waals surface area contributed by atoms with Crippen LogP contribution in [0.5, 0.6) is 0 Å². The first-order valence-corrected chi connectivity index (χ1v) is 6.46. The largest absolute Gasteiger partial charge is 0.341 e. The number of nitrogens with zero attached hydrogens (tertiary/aromatic N) is 1. The lowest BCUT2D eigenvalue weighted by molar-refractivity contribution is -0.128. The van der Waals surface area contributed by atoms with Gasteiger partial charge in [0.25, 0.3) is 0 Å². The molecule has 1 aliphatic heterocycles. The van der Waals surface area contributed by atoms with Gasteiger partial charge in [-0.15, -0.1) is 0 Å². The van der Waals surface area contributed by atoms with Gasteiger partial charge in [0.1, 0.15) is 0 Å². The number of benzene rings is 1. The van der Waals surface area contributed by atoms with Crippen molar-refractivity contribution in [3.8, 4) is 0 Å². The minimum atomic E-state index is -0.279. The van der Waals surface area contributed by atoms with Crippen LogP contribution in [0.3, 0.4) is 0 Å². The summed E-state index contributed by atoms with van der Waals surface area (Å²) < 4.78 is 0. The second kappa shape index (κ2) is 5.84. The van der Waals surface area contributed by atoms with Crippen LogP contribution in [0, 0.1) is 12.8 Å². The van der Waals surface area contributed by atoms with E-state index >= 15 is 0 Å². The van der Waals surface area contributed by atoms with Gasteiger partial charge in [-0.3, -0.25) is 9.59 Å². The van der Waals surface area contributed by atoms with Crippen molar-refractivity contribution in [2.75, 3.05) is 25.0 Å². The highest BCUT2D eigenvalue weighted by Crippen LogP contribution is 2.20. The number of rotatable bonds is 4. The average Bonchev–Trinajstić information content (AvgIpc) is 2.75. The molecule has 1 aromatic rings. The molecule has 0 aliphatic carbocycles. The molecule has 5 heteroatoms. The Hall–Kier alpha value is -1.88. The zero-order chi connectivity index (χ0) is 13.8. The standard InChI is InChI=1S/C14H19N3O2/c1-10-4-2-3-5-12(10)16-14(19)11-8-13(18)17(9-11)7-6-15/h2-5,11H,6-9,15H2,1H3,(H,16,19). The molecule has 0 aromatic heterocycles. The third kappa shape index (κ3) is 3.12. The Morgan fingerprint density at radius 3 is 2.89 bits per heavy atom. The smallest absolute Gasteiger partial charge is 0.229 e. The molecule has 0 radical (unpaired) electrons. The molecule has 1 saturated heterocycles. The third-order valence-corrected chi connectivity index (χ3v) is 3.39. The van der Waals surface area contributed by atoms with Crippen molar-refractivity contribution in [3.05, 3.63) is 29.8 Å². The monoisotopic (exact) mass is 261 g/mol. The fourth-order valence-corrected chi connectivity index (χ4v) is 2.27. The molecule has 0 spiro atoms. The summed E-state index contributed by atoms with van der Waals surface area (Å²) in [6.07, 6.45) is 0.276. The number of likely N-dealkylation sites (tertiary alicyclic amines) is 1. The molecule has 19 heavy (non-hydrogen) atoms. The van der Waals surface area contributed by atoms with Gasteiger partial charge in [0, 0.05) is 31.7 Å². The molecular weight excluding hydrogens is 242 g/mol. The number of para-hydroxylation sites is 1. The van der Waals surface area contributed by atoms with E-state index in [2.05, 4.69) is 5.32 Å². The normalized spacial score (nSPS) is 18.7. The van der Waals surface area contributed by atoms with E-state index in [9.17, 15) is 9.59 Å². The number of nitrogens with one attached hydrogen (secondary N) is 1. The van der Waals surface area contributed by atoms with Crippen LogP contribution >= 0.6 is 0 Å². The molecule has 102 valence electrons. The maximum absolute atomic E-state index is 12.1. The van der Waals surface area contributed by atoms with E-state index in [1.807, 2.05) is 31.2 Å². The van der Waals surface area contributed by atoms with Crippen molar-refractivity contribution in [2.24, 2.45) is 11.7 Å². The summed E-state index contributed by atoms with van der Waals surface area (Å²) in [5, 5.41) is 2.89. The highest BCUT2D eigenvalue weighted by Gasteiger charge is 2.33. The van der Waals surface area contributed by atoms with E-state index in [0.717, 1.165) is 11.3 Å². The molecule has 1 aliphatic rings. The Balaban J connectivity index is 1.98. The molecule has 0 bridgehead atoms. The number of hydrogen-bond acceptors (Lipinski definition) is 3. The summed E-state index contributed by atoms with van der Waals surface area (Å²) in [5.74, 6) is -0.365. The highest BCUT2D eigenvalue weighted by molar-refractivity contribution is 5.97. The van der Waals surface area contributed by atoms with Gasteiger partial charge >= 0.3 is 0 Å². The second-order valence-electron chi connectivity index (χ2n) is 4.83. The Morgan fingerprint density at radius 2 is 2.21 bits per heavy atom. The number of amides is 2. The third-order valence-electron chi connectivity index (χ3n) is 3.39. The van der Waals surface area contributed by atoms with Crippen molar-refractivity contribution < 1.29 is 9.59 Å². The topological polar surface area (TPSA) is 75.4 Å². The SMILES string of the molecule is Cc1ccccc1NC(=O)C1CC(=O)N(CCN)C1. The summed E-state index contributed by atoms with van der Waals surface area (Å²) >= 11 is 0. The predicted molar refractivity (Wildman–Crippen MR) is 73.6 cm³/mol. The summed E-state index contributed by atoms with van der Waals surface area (Å²) in [6, 6.07) is 7.61. The van der Waals surface area contributed by atoms with Crippen LogP contribution in [0.25, 0.3) is 0 Å². The number of aryl methyl sites for hydroxylation is 1. The fourth-order valence-electron chi connectivity index (χ4n) is 2.27. The molecule has 2 amide bonds. The van der Waals surface area contributed by atoms with Gasteiger partial charge in [0.2, 0.25) is 11.8 Å². The predicted octanol–water partition coefficient (Wildman–Crippen LogP) is 0.741. The van der Waals surface area contributed by atoms with E-state index < -0.39 is 0 Å². The Kier molecular flexibility index (Phi) is 4.16. The van der Waals surface area contributed by atoms with E-state index in [0.29, 0.717) is 19.6 Å². The molecule has 1 heterocycles. The fraction of sp³-hybridized carbons (Fsp3) is 0.429. The number of anilines is 1. The van der Waals surface area contributed by atoms with E-state index in [-0.39, 0.29) is 24.2 Å². The lowest BCUT2D eigenvalue weighted by Gasteiger charge is -2.15. The van der Waals surface area contributed by atoms with Crippen LogP contribution in [0.1, 0.15) is 12.0 Å². The Labute approximate surface area is 112 Å². The molecule has 1 atom stereocenters. The maximum Gasteiger partial charge on any atom is 0.229 e. The Bertz CT molecular complexity index is 487. The molecule has 2 rings (SSSR count). The zero-order valence-corrected chi connectivity index (χ0v) is 11.1. The lowest BCUT2D eigenvalue weighted by Crippen LogP contribution is -2.32. The summed E-state index contributed by atoms with van der Waals surface area (Å²) in [7, 11) is 0. The average molecular weight is 261 g/mol. The van der Waals surface area contributed by atoms with Crippen LogP contribution in [0.4, 0.5) is 5.69 Å². The maximum atomic E-state index is 12.1. The van der Waals surface area contributed by atoms with E-state index in [1.165, 1.54) is 0 Å². The van der Waals surface area contributed by atoms with Gasteiger partial charge in [0.05, 0.1) is 5.92 Å². The van der Waals surface area contributed by atoms with Crippen LogP contribution < -0.4 is 11.1 Å². The number of nitrogens with two attached hydrogens (primary N) is 1. The molecule has 0 saturated carbocycles. The summed E-state index contributed by atoms with van der Waals surface area (Å²) in [4.78, 5) is 25.5. The summed E-state index contributed by atoms with van der Waals surface area (Å²) in [6.45, 7) is 3.36. The Morgan fingerprint density at radius 1 is 1.47 bits per heavy atom. The van der Waals surface area contributed by atoms with Crippen LogP contribution in [0.15, 0.2) is 24.3 Å². The first-order valence-electron chi connectivity index (χ1n) is 6.46. The van der Waals surface area contributed by atoms with Gasteiger partial charge in [-0.2, -0.15) is 0 Å². The van der Waals surface area contributed by atoms with Gasteiger partial charge in [-0.1, -0.05) is 18.2 Å². The molecule has 1 aromatic carbocycles. The van der Waals surface area contributed by atoms with Crippen molar-refractivity contribution >= 4 is 17.5 Å². The van der Waals surface area contributed by atoms with Crippen molar-refractivity contribution in [1.29, 1.82) is 0 Å². The number of carbonyl (C=O) groups is 2. The molecule has 5 nitrogen and oxygen atoms in total. The minimum Gasteiger partial charge on any atom is -0.341 e. The lowest BCUT2D eigenvalue weighted by atomic mass is 10.1. The molecule has 1 fully saturated rings. The van der Waals surface area contributed by atoms with Crippen LogP contribution in [0.2, 0.25) is 0 Å². The van der Waals surface area contributed by atoms with Gasteiger partial charge in [0.15, 0.2) is 0 Å². The minimum absolute atomic E-state index is 0.00961. The van der Waals surface area contributed by atoms with Crippen LogP contribution in [-0.2, 0) is 9.59 Å². The zero-order valence-electron chi connectivity index (χ0n) is 11.1. The van der Waals surface area contributed by atoms with Crippen molar-refractivity contribution in [1.82, 2.24) is 4.90 Å². The van der Waals surface area contributed by atoms with Gasteiger partial charge in [-0.25, -0.2) is 0 Å². The van der Waals surface area contributed by atoms with Crippen LogP contribution in [-0.4, -0.2) is 36.3 Å². The number of hydrogen-bond donors (Lipinski definition) is 2. The van der Waals surface area contributed by atoms with Crippen molar-refractivity contribution in [2.45, 2.75) is 13.3 Å². The van der Waals surface area contributed by atoms with E-state index in [1.54, 1.807) is 4.90 Å². The van der Waals surface area contributed by atoms with Gasteiger partial charge in [-0.05, 0) is 18.6 Å². The summed E-state index contributed by atoms with van der Waals surface area (Å²) in [5.41, 5.74) is 7.26. The second-order valence-corrected chi connectivity index (χ2v) is 4.83. The van der Waals surface area contributed by atoms with Gasteiger partial charge < -0.3 is 16.0 Å². The highest BCUT2D eigenvalue weighted by atomic mass is 16.2. The molecule has 3 N–H and O–H groups in total. The number of carbonyl (C=O) groups excluding carboxylic acids is 2. The first kappa shape index (κ1) is 13.5. The molecule has 1 unspecified atom stereocenters. The molecular formula is C14H19N3O2. The quantitative estimate of drug-likeness (QED) is 0.839. The van der Waals surface area contributed by atoms with Crippen molar-refractivity contribution in [3.63, 3.8) is 0 Å².